The predicted molar refractivity (Wildman–Crippen MR) is 69.3 cm³/mol. The number of imidazole rings is 1. The molecule has 2 heterocycles. The highest BCUT2D eigenvalue weighted by Crippen LogP contribution is 2.24. The molecule has 0 aliphatic rings. The lowest BCUT2D eigenvalue weighted by Crippen LogP contribution is -1.97. The smallest absolute Gasteiger partial charge is 0.335 e. The van der Waals surface area contributed by atoms with Crippen LogP contribution in [0.25, 0.3) is 16.9 Å². The lowest BCUT2D eigenvalue weighted by molar-refractivity contribution is 0.0697. The van der Waals surface area contributed by atoms with Crippen LogP contribution in [0.5, 0.6) is 5.88 Å². The van der Waals surface area contributed by atoms with Gasteiger partial charge in [-0.05, 0) is 24.3 Å². The van der Waals surface area contributed by atoms with Crippen molar-refractivity contribution in [3.8, 4) is 17.3 Å². The molecule has 2 N–H and O–H groups in total. The van der Waals surface area contributed by atoms with Gasteiger partial charge in [0.25, 0.3) is 0 Å². The topological polar surface area (TPSA) is 74.8 Å². The van der Waals surface area contributed by atoms with Crippen molar-refractivity contribution in [3.05, 3.63) is 54.2 Å². The van der Waals surface area contributed by atoms with Crippen molar-refractivity contribution in [2.75, 3.05) is 0 Å². The van der Waals surface area contributed by atoms with E-state index in [0.29, 0.717) is 11.4 Å². The minimum atomic E-state index is -0.994. The fourth-order valence-corrected chi connectivity index (χ4v) is 2.03. The van der Waals surface area contributed by atoms with Gasteiger partial charge in [0.15, 0.2) is 5.88 Å². The zero-order valence-electron chi connectivity index (χ0n) is 9.82. The van der Waals surface area contributed by atoms with E-state index in [1.165, 1.54) is 12.1 Å². The number of aromatic nitrogens is 2. The normalized spacial score (nSPS) is 10.7. The van der Waals surface area contributed by atoms with E-state index in [1.54, 1.807) is 34.9 Å². The molecule has 3 aromatic rings. The Hall–Kier alpha value is -2.82. The molecule has 0 fully saturated rings. The Bertz CT molecular complexity index is 777. The van der Waals surface area contributed by atoms with E-state index in [2.05, 4.69) is 4.98 Å². The predicted octanol–water partition coefficient (Wildman–Crippen LogP) is 2.41. The molecule has 0 spiro atoms. The number of aromatic hydroxyl groups is 1. The molecule has 0 unspecified atom stereocenters. The molecule has 5 nitrogen and oxygen atoms in total. The van der Waals surface area contributed by atoms with E-state index >= 15 is 0 Å². The van der Waals surface area contributed by atoms with Crippen LogP contribution in [0.2, 0.25) is 0 Å². The van der Waals surface area contributed by atoms with E-state index < -0.39 is 5.97 Å². The Balaban J connectivity index is 2.25. The van der Waals surface area contributed by atoms with E-state index in [9.17, 15) is 9.90 Å². The highest BCUT2D eigenvalue weighted by molar-refractivity contribution is 5.89. The van der Waals surface area contributed by atoms with Gasteiger partial charge >= 0.3 is 5.97 Å². The molecule has 0 radical (unpaired) electrons. The average molecular weight is 254 g/mol. The summed E-state index contributed by atoms with van der Waals surface area (Å²) in [6.07, 6.45) is 1.63. The van der Waals surface area contributed by atoms with E-state index in [1.807, 2.05) is 6.07 Å². The van der Waals surface area contributed by atoms with Gasteiger partial charge in [0.1, 0.15) is 5.82 Å². The van der Waals surface area contributed by atoms with Crippen LogP contribution < -0.4 is 0 Å². The third-order valence-corrected chi connectivity index (χ3v) is 2.90. The van der Waals surface area contributed by atoms with Crippen LogP contribution in [-0.2, 0) is 0 Å². The molecule has 94 valence electrons. The zero-order chi connectivity index (χ0) is 13.4. The van der Waals surface area contributed by atoms with Crippen molar-refractivity contribution in [3.63, 3.8) is 0 Å². The van der Waals surface area contributed by atoms with Crippen LogP contribution in [0, 0.1) is 0 Å². The number of hydrogen-bond acceptors (Lipinski definition) is 3. The summed E-state index contributed by atoms with van der Waals surface area (Å²) in [5.41, 5.74) is 1.57. The fraction of sp³-hybridized carbons (Fsp3) is 0. The Labute approximate surface area is 108 Å². The summed E-state index contributed by atoms with van der Waals surface area (Å²) in [6, 6.07) is 11.6. The third kappa shape index (κ3) is 1.81. The number of hydrogen-bond donors (Lipinski definition) is 2. The van der Waals surface area contributed by atoms with Gasteiger partial charge in [0, 0.05) is 5.56 Å². The van der Waals surface area contributed by atoms with E-state index in [-0.39, 0.29) is 11.4 Å². The van der Waals surface area contributed by atoms with Gasteiger partial charge in [-0.15, -0.1) is 0 Å². The first-order valence-corrected chi connectivity index (χ1v) is 5.66. The van der Waals surface area contributed by atoms with Gasteiger partial charge < -0.3 is 10.2 Å². The summed E-state index contributed by atoms with van der Waals surface area (Å²) in [5.74, 6) is -0.422. The van der Waals surface area contributed by atoms with Gasteiger partial charge in [-0.1, -0.05) is 18.2 Å². The van der Waals surface area contributed by atoms with Crippen LogP contribution in [0.4, 0.5) is 0 Å². The number of carboxylic acid groups (broad SMARTS) is 1. The Morgan fingerprint density at radius 1 is 1.16 bits per heavy atom. The first-order valence-electron chi connectivity index (χ1n) is 5.66. The number of aromatic carboxylic acids is 1. The molecule has 0 amide bonds. The van der Waals surface area contributed by atoms with Crippen molar-refractivity contribution in [2.45, 2.75) is 0 Å². The first kappa shape index (κ1) is 11.3. The summed E-state index contributed by atoms with van der Waals surface area (Å²) in [6.45, 7) is 0. The van der Waals surface area contributed by atoms with Gasteiger partial charge in [0.05, 0.1) is 17.3 Å². The number of benzene rings is 1. The van der Waals surface area contributed by atoms with Gasteiger partial charge in [0.2, 0.25) is 0 Å². The maximum Gasteiger partial charge on any atom is 0.335 e. The second kappa shape index (κ2) is 4.13. The molecule has 3 rings (SSSR count). The number of carbonyl (C=O) groups is 1. The van der Waals surface area contributed by atoms with Crippen molar-refractivity contribution >= 4 is 11.5 Å². The number of carboxylic acids is 1. The monoisotopic (exact) mass is 254 g/mol. The number of pyridine rings is 1. The van der Waals surface area contributed by atoms with Crippen molar-refractivity contribution < 1.29 is 15.0 Å². The zero-order valence-corrected chi connectivity index (χ0v) is 9.82. The second-order valence-corrected chi connectivity index (χ2v) is 4.11. The van der Waals surface area contributed by atoms with E-state index in [4.69, 9.17) is 5.11 Å². The Morgan fingerprint density at radius 2 is 1.95 bits per heavy atom. The lowest BCUT2D eigenvalue weighted by Gasteiger charge is -2.04. The maximum atomic E-state index is 11.0. The molecule has 0 saturated heterocycles. The number of nitrogens with zero attached hydrogens (tertiary/aromatic N) is 2. The van der Waals surface area contributed by atoms with Crippen LogP contribution in [0.3, 0.4) is 0 Å². The summed E-state index contributed by atoms with van der Waals surface area (Å²) in [7, 11) is 0. The molecular weight excluding hydrogens is 244 g/mol. The summed E-state index contributed by atoms with van der Waals surface area (Å²) >= 11 is 0. The summed E-state index contributed by atoms with van der Waals surface area (Å²) in [5, 5.41) is 18.9. The minimum absolute atomic E-state index is 0.0609. The molecule has 0 aliphatic heterocycles. The lowest BCUT2D eigenvalue weighted by atomic mass is 10.1. The third-order valence-electron chi connectivity index (χ3n) is 2.90. The minimum Gasteiger partial charge on any atom is -0.494 e. The SMILES string of the molecule is O=C(O)c1cccc(-c2ncc3cccc(O)n23)c1. The van der Waals surface area contributed by atoms with Crippen LogP contribution in [-0.4, -0.2) is 25.6 Å². The number of rotatable bonds is 2. The molecule has 0 aliphatic carbocycles. The van der Waals surface area contributed by atoms with Crippen molar-refractivity contribution in [1.82, 2.24) is 9.38 Å². The molecule has 5 heteroatoms. The number of fused-ring (bicyclic) bond motifs is 1. The molecule has 19 heavy (non-hydrogen) atoms. The van der Waals surface area contributed by atoms with Crippen LogP contribution in [0.15, 0.2) is 48.7 Å². The highest BCUT2D eigenvalue weighted by Gasteiger charge is 2.11. The molecule has 1 aromatic carbocycles. The second-order valence-electron chi connectivity index (χ2n) is 4.11. The summed E-state index contributed by atoms with van der Waals surface area (Å²) in [4.78, 5) is 15.2. The van der Waals surface area contributed by atoms with Gasteiger partial charge in [-0.25, -0.2) is 9.78 Å². The van der Waals surface area contributed by atoms with Crippen LogP contribution in [0.1, 0.15) is 10.4 Å². The molecule has 0 saturated carbocycles. The van der Waals surface area contributed by atoms with E-state index in [0.717, 1.165) is 5.52 Å². The van der Waals surface area contributed by atoms with Gasteiger partial charge in [-0.2, -0.15) is 0 Å². The highest BCUT2D eigenvalue weighted by atomic mass is 16.4. The standard InChI is InChI=1S/C14H10N2O3/c17-12-6-2-5-11-8-15-13(16(11)12)9-3-1-4-10(7-9)14(18)19/h1-8,17H,(H,18,19). The van der Waals surface area contributed by atoms with Crippen LogP contribution >= 0.6 is 0 Å². The molecule has 0 bridgehead atoms. The Morgan fingerprint density at radius 3 is 2.74 bits per heavy atom. The maximum absolute atomic E-state index is 11.0. The first-order chi connectivity index (χ1) is 9.16. The quantitative estimate of drug-likeness (QED) is 0.736. The van der Waals surface area contributed by atoms with Crippen molar-refractivity contribution in [2.24, 2.45) is 0 Å². The summed E-state index contributed by atoms with van der Waals surface area (Å²) < 4.78 is 1.57. The molecular formula is C14H10N2O3. The molecule has 0 atom stereocenters. The average Bonchev–Trinajstić information content (AvgIpc) is 2.84. The van der Waals surface area contributed by atoms with Crippen molar-refractivity contribution in [1.29, 1.82) is 0 Å². The largest absolute Gasteiger partial charge is 0.494 e. The fourth-order valence-electron chi connectivity index (χ4n) is 2.03. The van der Waals surface area contributed by atoms with Gasteiger partial charge in [-0.3, -0.25) is 4.40 Å². The molecule has 2 aromatic heterocycles. The Kier molecular flexibility index (Phi) is 2.45.